The monoisotopic (exact) mass is 186 g/mol. The van der Waals surface area contributed by atoms with Gasteiger partial charge in [0.2, 0.25) is 0 Å². The number of aromatic nitrogens is 1. The van der Waals surface area contributed by atoms with E-state index >= 15 is 0 Å². The van der Waals surface area contributed by atoms with Crippen LogP contribution in [0.5, 0.6) is 5.75 Å². The van der Waals surface area contributed by atoms with Crippen LogP contribution in [0.25, 0.3) is 0 Å². The fourth-order valence-electron chi connectivity index (χ4n) is 1.06. The molecule has 0 aliphatic carbocycles. The maximum Gasteiger partial charge on any atom is 0.143 e. The van der Waals surface area contributed by atoms with E-state index in [1.807, 2.05) is 6.92 Å². The van der Waals surface area contributed by atoms with Crippen LogP contribution in [0.1, 0.15) is 11.3 Å². The normalized spacial score (nSPS) is 10.0. The molecule has 0 aromatic carbocycles. The molecular weight excluding hydrogens is 176 g/mol. The molecule has 66 valence electrons. The van der Waals surface area contributed by atoms with Crippen LogP contribution >= 0.6 is 11.6 Å². The van der Waals surface area contributed by atoms with Crippen molar-refractivity contribution >= 4 is 11.6 Å². The highest BCUT2D eigenvalue weighted by atomic mass is 35.5. The molecule has 0 fully saturated rings. The Hall–Kier alpha value is -0.800. The van der Waals surface area contributed by atoms with Gasteiger partial charge in [0.1, 0.15) is 10.8 Å². The van der Waals surface area contributed by atoms with Crippen molar-refractivity contribution < 1.29 is 4.74 Å². The van der Waals surface area contributed by atoms with Crippen LogP contribution in [0.2, 0.25) is 5.02 Å². The number of hydrogen-bond donors (Lipinski definition) is 1. The summed E-state index contributed by atoms with van der Waals surface area (Å²) < 4.78 is 5.09. The Morgan fingerprint density at radius 3 is 2.83 bits per heavy atom. The van der Waals surface area contributed by atoms with E-state index in [1.54, 1.807) is 13.3 Å². The van der Waals surface area contributed by atoms with E-state index in [0.29, 0.717) is 17.3 Å². The third-order valence-electron chi connectivity index (χ3n) is 1.72. The Kier molecular flexibility index (Phi) is 2.89. The molecule has 12 heavy (non-hydrogen) atoms. The van der Waals surface area contributed by atoms with Gasteiger partial charge >= 0.3 is 0 Å². The van der Waals surface area contributed by atoms with E-state index in [4.69, 9.17) is 22.1 Å². The molecular formula is C8H11ClN2O. The average Bonchev–Trinajstić information content (AvgIpc) is 2.06. The van der Waals surface area contributed by atoms with Gasteiger partial charge in [0.25, 0.3) is 0 Å². The molecule has 0 saturated heterocycles. The fourth-order valence-corrected chi connectivity index (χ4v) is 1.32. The minimum absolute atomic E-state index is 0.402. The van der Waals surface area contributed by atoms with E-state index in [0.717, 1.165) is 11.3 Å². The molecule has 4 heteroatoms. The van der Waals surface area contributed by atoms with Gasteiger partial charge in [0.05, 0.1) is 12.8 Å². The molecule has 1 aromatic rings. The van der Waals surface area contributed by atoms with Gasteiger partial charge < -0.3 is 10.5 Å². The first-order chi connectivity index (χ1) is 5.70. The Labute approximate surface area is 76.5 Å². The van der Waals surface area contributed by atoms with Crippen molar-refractivity contribution in [2.45, 2.75) is 13.5 Å². The van der Waals surface area contributed by atoms with Gasteiger partial charge in [-0.05, 0) is 6.92 Å². The van der Waals surface area contributed by atoms with Crippen molar-refractivity contribution in [3.63, 3.8) is 0 Å². The van der Waals surface area contributed by atoms with Crippen LogP contribution in [0.4, 0.5) is 0 Å². The summed E-state index contributed by atoms with van der Waals surface area (Å²) >= 11 is 5.83. The summed E-state index contributed by atoms with van der Waals surface area (Å²) in [6, 6.07) is 0. The second kappa shape index (κ2) is 3.74. The first-order valence-electron chi connectivity index (χ1n) is 3.58. The van der Waals surface area contributed by atoms with Gasteiger partial charge in [0.15, 0.2) is 0 Å². The Balaban J connectivity index is 3.24. The highest BCUT2D eigenvalue weighted by Gasteiger charge is 2.08. The summed E-state index contributed by atoms with van der Waals surface area (Å²) in [6.07, 6.45) is 1.55. The van der Waals surface area contributed by atoms with E-state index in [-0.39, 0.29) is 0 Å². The number of methoxy groups -OCH3 is 1. The summed E-state index contributed by atoms with van der Waals surface area (Å²) in [5.41, 5.74) is 7.19. The number of ether oxygens (including phenoxy) is 1. The second-order valence-corrected chi connectivity index (χ2v) is 2.82. The zero-order valence-electron chi connectivity index (χ0n) is 7.10. The predicted molar refractivity (Wildman–Crippen MR) is 48.4 cm³/mol. The lowest BCUT2D eigenvalue weighted by atomic mass is 10.2. The number of nitrogens with two attached hydrogens (primary N) is 1. The van der Waals surface area contributed by atoms with Crippen LogP contribution in [0.3, 0.4) is 0 Å². The topological polar surface area (TPSA) is 48.1 Å². The van der Waals surface area contributed by atoms with Crippen molar-refractivity contribution in [1.29, 1.82) is 0 Å². The zero-order valence-corrected chi connectivity index (χ0v) is 7.85. The van der Waals surface area contributed by atoms with Crippen molar-refractivity contribution in [3.8, 4) is 5.75 Å². The maximum absolute atomic E-state index is 5.83. The Morgan fingerprint density at radius 1 is 1.67 bits per heavy atom. The van der Waals surface area contributed by atoms with Crippen molar-refractivity contribution in [2.75, 3.05) is 7.11 Å². The molecule has 2 N–H and O–H groups in total. The average molecular weight is 187 g/mol. The van der Waals surface area contributed by atoms with Crippen LogP contribution in [-0.2, 0) is 6.54 Å². The number of hydrogen-bond acceptors (Lipinski definition) is 3. The summed E-state index contributed by atoms with van der Waals surface area (Å²) in [6.45, 7) is 2.29. The van der Waals surface area contributed by atoms with Crippen LogP contribution in [0.15, 0.2) is 6.20 Å². The zero-order chi connectivity index (χ0) is 9.14. The molecule has 0 atom stereocenters. The third-order valence-corrected chi connectivity index (χ3v) is 1.99. The standard InChI is InChI=1S/C8H11ClN2O/c1-5-7(3-10)11-4-6(9)8(5)12-2/h4H,3,10H2,1-2H3. The minimum atomic E-state index is 0.402. The van der Waals surface area contributed by atoms with Crippen LogP contribution in [0, 0.1) is 6.92 Å². The second-order valence-electron chi connectivity index (χ2n) is 2.42. The number of pyridine rings is 1. The molecule has 0 aliphatic rings. The van der Waals surface area contributed by atoms with Crippen molar-refractivity contribution in [2.24, 2.45) is 5.73 Å². The molecule has 0 bridgehead atoms. The predicted octanol–water partition coefficient (Wildman–Crippen LogP) is 1.51. The molecule has 0 spiro atoms. The quantitative estimate of drug-likeness (QED) is 0.762. The number of halogens is 1. The summed E-state index contributed by atoms with van der Waals surface area (Å²) in [5, 5.41) is 0.521. The summed E-state index contributed by atoms with van der Waals surface area (Å²) in [5.74, 6) is 0.659. The smallest absolute Gasteiger partial charge is 0.143 e. The van der Waals surface area contributed by atoms with Gasteiger partial charge in [-0.2, -0.15) is 0 Å². The van der Waals surface area contributed by atoms with E-state index in [1.165, 1.54) is 0 Å². The molecule has 1 aromatic heterocycles. The molecule has 3 nitrogen and oxygen atoms in total. The molecule has 0 unspecified atom stereocenters. The van der Waals surface area contributed by atoms with Gasteiger partial charge in [0, 0.05) is 18.3 Å². The molecule has 0 saturated carbocycles. The van der Waals surface area contributed by atoms with E-state index in [9.17, 15) is 0 Å². The summed E-state index contributed by atoms with van der Waals surface area (Å²) in [7, 11) is 1.58. The van der Waals surface area contributed by atoms with E-state index in [2.05, 4.69) is 4.98 Å². The van der Waals surface area contributed by atoms with Crippen LogP contribution in [-0.4, -0.2) is 12.1 Å². The third kappa shape index (κ3) is 1.52. The van der Waals surface area contributed by atoms with Gasteiger partial charge in [-0.3, -0.25) is 4.98 Å². The van der Waals surface area contributed by atoms with Gasteiger partial charge in [-0.25, -0.2) is 0 Å². The van der Waals surface area contributed by atoms with Gasteiger partial charge in [-0.15, -0.1) is 0 Å². The highest BCUT2D eigenvalue weighted by Crippen LogP contribution is 2.28. The first kappa shape index (κ1) is 9.29. The Bertz CT molecular complexity index is 289. The van der Waals surface area contributed by atoms with Gasteiger partial charge in [-0.1, -0.05) is 11.6 Å². The molecule has 1 rings (SSSR count). The number of rotatable bonds is 2. The Morgan fingerprint density at radius 2 is 2.33 bits per heavy atom. The molecule has 0 amide bonds. The SMILES string of the molecule is COc1c(Cl)cnc(CN)c1C. The molecule has 1 heterocycles. The van der Waals surface area contributed by atoms with Crippen molar-refractivity contribution in [1.82, 2.24) is 4.98 Å². The number of nitrogens with zero attached hydrogens (tertiary/aromatic N) is 1. The van der Waals surface area contributed by atoms with E-state index < -0.39 is 0 Å². The lowest BCUT2D eigenvalue weighted by Gasteiger charge is -2.09. The maximum atomic E-state index is 5.83. The minimum Gasteiger partial charge on any atom is -0.495 e. The summed E-state index contributed by atoms with van der Waals surface area (Å²) in [4.78, 5) is 4.07. The first-order valence-corrected chi connectivity index (χ1v) is 3.96. The fraction of sp³-hybridized carbons (Fsp3) is 0.375. The highest BCUT2D eigenvalue weighted by molar-refractivity contribution is 6.32. The lowest BCUT2D eigenvalue weighted by molar-refractivity contribution is 0.410. The largest absolute Gasteiger partial charge is 0.495 e. The molecule has 0 radical (unpaired) electrons. The lowest BCUT2D eigenvalue weighted by Crippen LogP contribution is -2.03. The van der Waals surface area contributed by atoms with Crippen molar-refractivity contribution in [3.05, 3.63) is 22.5 Å². The van der Waals surface area contributed by atoms with Crippen LogP contribution < -0.4 is 10.5 Å². The molecule has 0 aliphatic heterocycles.